The Bertz CT molecular complexity index is 704. The number of carbonyl (C=O) groups is 1. The van der Waals surface area contributed by atoms with E-state index in [0.717, 1.165) is 41.4 Å². The maximum Gasteiger partial charge on any atom is 0.252 e. The average Bonchev–Trinajstić information content (AvgIpc) is 3.13. The van der Waals surface area contributed by atoms with E-state index in [0.29, 0.717) is 19.7 Å². The second-order valence-corrected chi connectivity index (χ2v) is 5.78. The van der Waals surface area contributed by atoms with Gasteiger partial charge in [-0.15, -0.1) is 0 Å². The molecule has 2 aliphatic heterocycles. The number of amides is 1. The van der Waals surface area contributed by atoms with Gasteiger partial charge in [0.25, 0.3) is 5.91 Å². The number of nitrogens with zero attached hydrogens (tertiary/aromatic N) is 1. The predicted octanol–water partition coefficient (Wildman–Crippen LogP) is 2.37. The highest BCUT2D eigenvalue weighted by Gasteiger charge is 2.31. The topological polar surface area (TPSA) is 45.3 Å². The molecule has 1 atom stereocenters. The molecule has 1 amide bonds. The Balaban J connectivity index is 1.62. The number of fused-ring (bicyclic) bond motifs is 3. The van der Waals surface area contributed by atoms with E-state index >= 15 is 0 Å². The molecule has 110 valence electrons. The number of benzene rings is 1. The van der Waals surface area contributed by atoms with Gasteiger partial charge in [-0.2, -0.15) is 0 Å². The maximum absolute atomic E-state index is 13.4. The molecule has 0 bridgehead atoms. The lowest BCUT2D eigenvalue weighted by molar-refractivity contribution is -0.141. The summed E-state index contributed by atoms with van der Waals surface area (Å²) < 4.78 is 18.9. The summed E-state index contributed by atoms with van der Waals surface area (Å²) in [6.07, 6.45) is 2.27. The summed E-state index contributed by atoms with van der Waals surface area (Å²) in [4.78, 5) is 17.6. The molecule has 0 saturated carbocycles. The Morgan fingerprint density at radius 1 is 1.43 bits per heavy atom. The molecule has 5 heteroatoms. The molecule has 1 aromatic carbocycles. The van der Waals surface area contributed by atoms with Crippen LogP contribution in [0, 0.1) is 5.82 Å². The first-order chi connectivity index (χ1) is 10.2. The molecule has 0 spiro atoms. The summed E-state index contributed by atoms with van der Waals surface area (Å²) in [5.74, 6) is -0.134. The van der Waals surface area contributed by atoms with Crippen LogP contribution >= 0.6 is 0 Å². The van der Waals surface area contributed by atoms with E-state index in [-0.39, 0.29) is 17.8 Å². The minimum absolute atomic E-state index is 0.0861. The number of halogens is 1. The van der Waals surface area contributed by atoms with Gasteiger partial charge in [0.2, 0.25) is 0 Å². The first-order valence-electron chi connectivity index (χ1n) is 7.42. The van der Waals surface area contributed by atoms with Gasteiger partial charge in [-0.3, -0.25) is 4.79 Å². The van der Waals surface area contributed by atoms with Crippen LogP contribution in [0.1, 0.15) is 24.1 Å². The Labute approximate surface area is 121 Å². The van der Waals surface area contributed by atoms with Crippen molar-refractivity contribution in [1.82, 2.24) is 9.88 Å². The third-order valence-electron chi connectivity index (χ3n) is 4.45. The third kappa shape index (κ3) is 2.12. The van der Waals surface area contributed by atoms with E-state index < -0.39 is 0 Å². The number of aromatic nitrogens is 1. The molecule has 1 aromatic heterocycles. The van der Waals surface area contributed by atoms with E-state index in [4.69, 9.17) is 4.74 Å². The largest absolute Gasteiger partial charge is 0.368 e. The maximum atomic E-state index is 13.4. The summed E-state index contributed by atoms with van der Waals surface area (Å²) in [5.41, 5.74) is 3.10. The summed E-state index contributed by atoms with van der Waals surface area (Å²) in [5, 5.41) is 0.939. The normalized spacial score (nSPS) is 21.8. The zero-order chi connectivity index (χ0) is 14.4. The van der Waals surface area contributed by atoms with Crippen LogP contribution in [-0.2, 0) is 22.5 Å². The lowest BCUT2D eigenvalue weighted by atomic mass is 10.0. The van der Waals surface area contributed by atoms with Crippen LogP contribution in [0.2, 0.25) is 0 Å². The Morgan fingerprint density at radius 2 is 2.33 bits per heavy atom. The van der Waals surface area contributed by atoms with Crippen LogP contribution in [0.25, 0.3) is 10.9 Å². The molecule has 4 nitrogen and oxygen atoms in total. The predicted molar refractivity (Wildman–Crippen MR) is 76.4 cm³/mol. The molecule has 1 fully saturated rings. The lowest BCUT2D eigenvalue weighted by Crippen LogP contribution is -2.41. The molecule has 1 saturated heterocycles. The summed E-state index contributed by atoms with van der Waals surface area (Å²) in [6.45, 7) is 1.92. The number of aromatic amines is 1. The van der Waals surface area contributed by atoms with Gasteiger partial charge in [0.1, 0.15) is 11.9 Å². The van der Waals surface area contributed by atoms with Gasteiger partial charge < -0.3 is 14.6 Å². The second kappa shape index (κ2) is 4.84. The van der Waals surface area contributed by atoms with Gasteiger partial charge in [-0.25, -0.2) is 4.39 Å². The number of nitrogens with one attached hydrogen (secondary N) is 1. The number of hydrogen-bond donors (Lipinski definition) is 1. The molecule has 2 aromatic rings. The van der Waals surface area contributed by atoms with Crippen molar-refractivity contribution in [3.05, 3.63) is 35.3 Å². The monoisotopic (exact) mass is 288 g/mol. The Morgan fingerprint density at radius 3 is 3.14 bits per heavy atom. The molecular formula is C16H17FN2O2. The fourth-order valence-electron chi connectivity index (χ4n) is 3.38. The Kier molecular flexibility index (Phi) is 2.96. The van der Waals surface area contributed by atoms with Crippen LogP contribution in [0.5, 0.6) is 0 Å². The van der Waals surface area contributed by atoms with Gasteiger partial charge in [-0.1, -0.05) is 0 Å². The van der Waals surface area contributed by atoms with Crippen LogP contribution in [0.4, 0.5) is 4.39 Å². The lowest BCUT2D eigenvalue weighted by Gasteiger charge is -2.29. The fraction of sp³-hybridized carbons (Fsp3) is 0.438. The summed E-state index contributed by atoms with van der Waals surface area (Å²) in [7, 11) is 0. The van der Waals surface area contributed by atoms with E-state index in [9.17, 15) is 9.18 Å². The molecule has 3 heterocycles. The van der Waals surface area contributed by atoms with Crippen LogP contribution in [-0.4, -0.2) is 35.0 Å². The molecular weight excluding hydrogens is 271 g/mol. The highest BCUT2D eigenvalue weighted by Crippen LogP contribution is 2.29. The third-order valence-corrected chi connectivity index (χ3v) is 4.45. The zero-order valence-corrected chi connectivity index (χ0v) is 11.7. The van der Waals surface area contributed by atoms with Gasteiger partial charge in [-0.05, 0) is 43.0 Å². The fourth-order valence-corrected chi connectivity index (χ4v) is 3.38. The van der Waals surface area contributed by atoms with Gasteiger partial charge in [0, 0.05) is 29.7 Å². The van der Waals surface area contributed by atoms with E-state index in [1.807, 2.05) is 4.90 Å². The van der Waals surface area contributed by atoms with Crippen molar-refractivity contribution in [3.8, 4) is 0 Å². The van der Waals surface area contributed by atoms with Crippen molar-refractivity contribution in [2.75, 3.05) is 13.2 Å². The highest BCUT2D eigenvalue weighted by molar-refractivity contribution is 5.86. The van der Waals surface area contributed by atoms with Crippen LogP contribution in [0.15, 0.2) is 18.2 Å². The smallest absolute Gasteiger partial charge is 0.252 e. The molecule has 0 aliphatic carbocycles. The number of H-pyrrole nitrogens is 1. The summed E-state index contributed by atoms with van der Waals surface area (Å²) in [6, 6.07) is 4.79. The van der Waals surface area contributed by atoms with Gasteiger partial charge >= 0.3 is 0 Å². The summed E-state index contributed by atoms with van der Waals surface area (Å²) >= 11 is 0. The Hall–Kier alpha value is -1.88. The molecule has 21 heavy (non-hydrogen) atoms. The van der Waals surface area contributed by atoms with E-state index in [1.54, 1.807) is 12.1 Å². The quantitative estimate of drug-likeness (QED) is 0.875. The van der Waals surface area contributed by atoms with E-state index in [1.165, 1.54) is 6.07 Å². The first-order valence-corrected chi connectivity index (χ1v) is 7.42. The standard InChI is InChI=1S/C16H17FN2O2/c17-10-3-4-13-12(8-10)11-5-6-19(9-14(11)18-13)16(20)15-2-1-7-21-15/h3-4,8,15,18H,1-2,5-7,9H2. The van der Waals surface area contributed by atoms with Gasteiger partial charge in [0.15, 0.2) is 0 Å². The molecule has 1 unspecified atom stereocenters. The molecule has 4 rings (SSSR count). The highest BCUT2D eigenvalue weighted by atomic mass is 19.1. The van der Waals surface area contributed by atoms with Crippen LogP contribution in [0.3, 0.4) is 0 Å². The SMILES string of the molecule is O=C(C1CCCO1)N1CCc2c([nH]c3ccc(F)cc23)C1. The number of carbonyl (C=O) groups excluding carboxylic acids is 1. The van der Waals surface area contributed by atoms with Crippen LogP contribution < -0.4 is 0 Å². The minimum atomic E-state index is -0.270. The van der Waals surface area contributed by atoms with Crippen molar-refractivity contribution in [3.63, 3.8) is 0 Å². The second-order valence-electron chi connectivity index (χ2n) is 5.78. The van der Waals surface area contributed by atoms with Crippen molar-refractivity contribution in [2.24, 2.45) is 0 Å². The zero-order valence-electron chi connectivity index (χ0n) is 11.7. The molecule has 1 N–H and O–H groups in total. The average molecular weight is 288 g/mol. The van der Waals surface area contributed by atoms with E-state index in [2.05, 4.69) is 4.98 Å². The number of rotatable bonds is 1. The van der Waals surface area contributed by atoms with Crippen molar-refractivity contribution >= 4 is 16.8 Å². The molecule has 2 aliphatic rings. The molecule has 0 radical (unpaired) electrons. The van der Waals surface area contributed by atoms with Crippen molar-refractivity contribution in [1.29, 1.82) is 0 Å². The van der Waals surface area contributed by atoms with Crippen molar-refractivity contribution in [2.45, 2.75) is 31.9 Å². The number of hydrogen-bond acceptors (Lipinski definition) is 2. The first kappa shape index (κ1) is 12.8. The van der Waals surface area contributed by atoms with Gasteiger partial charge in [0.05, 0.1) is 6.54 Å². The minimum Gasteiger partial charge on any atom is -0.368 e. The van der Waals surface area contributed by atoms with Crippen molar-refractivity contribution < 1.29 is 13.9 Å². The number of ether oxygens (including phenoxy) is 1.